The number of nitrogens with one attached hydrogen (secondary N) is 2. The number of rotatable bonds is 9. The summed E-state index contributed by atoms with van der Waals surface area (Å²) in [6.45, 7) is 2.41. The summed E-state index contributed by atoms with van der Waals surface area (Å²) in [7, 11) is -3.68. The second-order valence-electron chi connectivity index (χ2n) is 9.48. The van der Waals surface area contributed by atoms with E-state index in [0.29, 0.717) is 22.5 Å². The number of para-hydroxylation sites is 1. The summed E-state index contributed by atoms with van der Waals surface area (Å²) in [4.78, 5) is 13.2. The molecule has 0 aliphatic carbocycles. The first-order chi connectivity index (χ1) is 18.9. The van der Waals surface area contributed by atoms with Crippen molar-refractivity contribution in [3.63, 3.8) is 0 Å². The van der Waals surface area contributed by atoms with E-state index in [2.05, 4.69) is 10.6 Å². The maximum Gasteiger partial charge on any atom is 0.315 e. The van der Waals surface area contributed by atoms with Gasteiger partial charge in [0.2, 0.25) is 0 Å². The molecular weight excluding hydrogens is 506 g/mol. The number of aromatic nitrogens is 1. The molecule has 0 spiro atoms. The molecule has 7 heteroatoms. The number of fused-ring (bicyclic) bond motifs is 1. The fourth-order valence-corrected chi connectivity index (χ4v) is 6.64. The fourth-order valence-electron chi connectivity index (χ4n) is 4.99. The van der Waals surface area contributed by atoms with Crippen LogP contribution in [0.25, 0.3) is 10.9 Å². The Kier molecular flexibility index (Phi) is 7.79. The van der Waals surface area contributed by atoms with Crippen molar-refractivity contribution in [3.05, 3.63) is 138 Å². The first-order valence-corrected chi connectivity index (χ1v) is 14.6. The molecule has 39 heavy (non-hydrogen) atoms. The Morgan fingerprint density at radius 2 is 1.31 bits per heavy atom. The normalized spacial score (nSPS) is 11.5. The van der Waals surface area contributed by atoms with E-state index in [4.69, 9.17) is 0 Å². The lowest BCUT2D eigenvalue weighted by atomic mass is 9.99. The van der Waals surface area contributed by atoms with Crippen LogP contribution in [0.1, 0.15) is 28.4 Å². The van der Waals surface area contributed by atoms with Crippen LogP contribution in [-0.4, -0.2) is 31.3 Å². The molecular formula is C32H31N3O3S. The summed E-state index contributed by atoms with van der Waals surface area (Å²) in [5.74, 6) is -0.206. The first-order valence-electron chi connectivity index (χ1n) is 12.9. The van der Waals surface area contributed by atoms with E-state index >= 15 is 0 Å². The van der Waals surface area contributed by atoms with Crippen LogP contribution in [0.2, 0.25) is 0 Å². The standard InChI is InChI=1S/C32H31N3O3S/c1-24-31(28-19-11-12-20-29(28)35(24)23-25-13-5-2-6-14-25)39(37,38)22-21-33-32(36)34-30(26-15-7-3-8-16-26)27-17-9-4-10-18-27/h2-20,30H,21-23H2,1H3,(H2,33,34,36). The van der Waals surface area contributed by atoms with Crippen LogP contribution in [-0.2, 0) is 16.4 Å². The molecule has 0 atom stereocenters. The van der Waals surface area contributed by atoms with Crippen LogP contribution in [0.4, 0.5) is 4.79 Å². The molecule has 0 bridgehead atoms. The van der Waals surface area contributed by atoms with Crippen LogP contribution in [0.5, 0.6) is 0 Å². The number of nitrogens with zero attached hydrogens (tertiary/aromatic N) is 1. The Balaban J connectivity index is 1.32. The summed E-state index contributed by atoms with van der Waals surface area (Å²) >= 11 is 0. The van der Waals surface area contributed by atoms with Gasteiger partial charge in [-0.3, -0.25) is 0 Å². The molecule has 0 saturated carbocycles. The number of benzene rings is 4. The predicted molar refractivity (Wildman–Crippen MR) is 156 cm³/mol. The lowest BCUT2D eigenvalue weighted by Crippen LogP contribution is -2.40. The smallest absolute Gasteiger partial charge is 0.315 e. The van der Waals surface area contributed by atoms with E-state index in [9.17, 15) is 13.2 Å². The minimum absolute atomic E-state index is 0.0118. The minimum atomic E-state index is -3.68. The average molecular weight is 538 g/mol. The van der Waals surface area contributed by atoms with E-state index < -0.39 is 15.9 Å². The van der Waals surface area contributed by atoms with Gasteiger partial charge in [-0.15, -0.1) is 0 Å². The largest absolute Gasteiger partial charge is 0.339 e. The molecule has 1 heterocycles. The SMILES string of the molecule is Cc1c(S(=O)(=O)CCNC(=O)NC(c2ccccc2)c2ccccc2)c2ccccc2n1Cc1ccccc1. The maximum atomic E-state index is 13.6. The minimum Gasteiger partial charge on any atom is -0.339 e. The number of hydrogen-bond acceptors (Lipinski definition) is 3. The van der Waals surface area contributed by atoms with Crippen molar-refractivity contribution in [1.82, 2.24) is 15.2 Å². The number of carbonyl (C=O) groups excluding carboxylic acids is 1. The molecule has 198 valence electrons. The molecule has 4 aromatic carbocycles. The Morgan fingerprint density at radius 1 is 0.769 bits per heavy atom. The van der Waals surface area contributed by atoms with Crippen LogP contribution >= 0.6 is 0 Å². The Morgan fingerprint density at radius 3 is 1.92 bits per heavy atom. The average Bonchev–Trinajstić information content (AvgIpc) is 3.24. The first kappa shape index (κ1) is 26.3. The van der Waals surface area contributed by atoms with Gasteiger partial charge in [-0.25, -0.2) is 13.2 Å². The van der Waals surface area contributed by atoms with Crippen molar-refractivity contribution in [1.29, 1.82) is 0 Å². The van der Waals surface area contributed by atoms with E-state index in [1.165, 1.54) is 0 Å². The summed E-state index contributed by atoms with van der Waals surface area (Å²) in [6, 6.07) is 36.1. The van der Waals surface area contributed by atoms with E-state index in [0.717, 1.165) is 22.2 Å². The van der Waals surface area contributed by atoms with Gasteiger partial charge in [0.05, 0.1) is 16.7 Å². The highest BCUT2D eigenvalue weighted by Gasteiger charge is 2.25. The second-order valence-corrected chi connectivity index (χ2v) is 11.5. The van der Waals surface area contributed by atoms with Crippen LogP contribution in [0.15, 0.2) is 120 Å². The second kappa shape index (κ2) is 11.6. The molecule has 6 nitrogen and oxygen atoms in total. The monoisotopic (exact) mass is 537 g/mol. The van der Waals surface area contributed by atoms with Crippen molar-refractivity contribution < 1.29 is 13.2 Å². The Labute approximate surface area is 229 Å². The zero-order chi connectivity index (χ0) is 27.2. The fraction of sp³-hybridized carbons (Fsp3) is 0.156. The quantitative estimate of drug-likeness (QED) is 0.247. The van der Waals surface area contributed by atoms with Gasteiger partial charge in [0, 0.05) is 29.7 Å². The topological polar surface area (TPSA) is 80.2 Å². The van der Waals surface area contributed by atoms with Gasteiger partial charge in [0.15, 0.2) is 9.84 Å². The molecule has 0 saturated heterocycles. The van der Waals surface area contributed by atoms with Crippen LogP contribution in [0.3, 0.4) is 0 Å². The summed E-state index contributed by atoms with van der Waals surface area (Å²) in [5.41, 5.74) is 4.53. The summed E-state index contributed by atoms with van der Waals surface area (Å²) in [5, 5.41) is 6.45. The van der Waals surface area contributed by atoms with Crippen LogP contribution in [0, 0.1) is 6.92 Å². The molecule has 0 radical (unpaired) electrons. The maximum absolute atomic E-state index is 13.6. The lowest BCUT2D eigenvalue weighted by molar-refractivity contribution is 0.239. The molecule has 2 N–H and O–H groups in total. The van der Waals surface area contributed by atoms with Gasteiger partial charge in [-0.05, 0) is 29.7 Å². The third-order valence-corrected chi connectivity index (χ3v) is 8.74. The molecule has 0 aliphatic heterocycles. The van der Waals surface area contributed by atoms with Crippen LogP contribution < -0.4 is 10.6 Å². The van der Waals surface area contributed by atoms with Crippen molar-refractivity contribution in [2.75, 3.05) is 12.3 Å². The molecule has 5 aromatic rings. The van der Waals surface area contributed by atoms with Gasteiger partial charge in [0.1, 0.15) is 0 Å². The zero-order valence-corrected chi connectivity index (χ0v) is 22.6. The van der Waals surface area contributed by atoms with Crippen molar-refractivity contribution in [3.8, 4) is 0 Å². The molecule has 0 fully saturated rings. The van der Waals surface area contributed by atoms with Gasteiger partial charge in [0.25, 0.3) is 0 Å². The van der Waals surface area contributed by atoms with E-state index in [-0.39, 0.29) is 18.3 Å². The molecule has 1 aromatic heterocycles. The highest BCUT2D eigenvalue weighted by Crippen LogP contribution is 2.31. The van der Waals surface area contributed by atoms with Crippen molar-refractivity contribution in [2.45, 2.75) is 24.4 Å². The Bertz CT molecular complexity index is 1630. The molecule has 0 aliphatic rings. The number of hydrogen-bond donors (Lipinski definition) is 2. The number of urea groups is 1. The third kappa shape index (κ3) is 5.89. The number of sulfone groups is 1. The molecule has 0 unspecified atom stereocenters. The molecule has 5 rings (SSSR count). The summed E-state index contributed by atoms with van der Waals surface area (Å²) in [6.07, 6.45) is 0. The van der Waals surface area contributed by atoms with E-state index in [1.54, 1.807) is 0 Å². The highest BCUT2D eigenvalue weighted by molar-refractivity contribution is 7.91. The van der Waals surface area contributed by atoms with Gasteiger partial charge in [-0.1, -0.05) is 109 Å². The lowest BCUT2D eigenvalue weighted by Gasteiger charge is -2.20. The van der Waals surface area contributed by atoms with E-state index in [1.807, 2.05) is 127 Å². The highest BCUT2D eigenvalue weighted by atomic mass is 32.2. The third-order valence-electron chi connectivity index (χ3n) is 6.87. The summed E-state index contributed by atoms with van der Waals surface area (Å²) < 4.78 is 29.2. The Hall–Kier alpha value is -4.36. The number of carbonyl (C=O) groups is 1. The van der Waals surface area contributed by atoms with Gasteiger partial charge in [-0.2, -0.15) is 0 Å². The number of amides is 2. The van der Waals surface area contributed by atoms with Crippen molar-refractivity contribution in [2.24, 2.45) is 0 Å². The molecule has 2 amide bonds. The predicted octanol–water partition coefficient (Wildman–Crippen LogP) is 5.86. The van der Waals surface area contributed by atoms with Crippen molar-refractivity contribution >= 4 is 26.8 Å². The van der Waals surface area contributed by atoms with Gasteiger partial charge < -0.3 is 15.2 Å². The van der Waals surface area contributed by atoms with Gasteiger partial charge >= 0.3 is 6.03 Å². The zero-order valence-electron chi connectivity index (χ0n) is 21.7.